The number of aryl methyl sites for hydroxylation is 1. The number of likely N-dealkylation sites (N-methyl/N-ethyl adjacent to an activating group) is 1. The second kappa shape index (κ2) is 5.89. The number of carbonyl (C=O) groups is 1. The average molecular weight is 226 g/mol. The molecular weight excluding hydrogens is 210 g/mol. The molecule has 0 heterocycles. The van der Waals surface area contributed by atoms with Gasteiger partial charge < -0.3 is 5.32 Å². The van der Waals surface area contributed by atoms with Gasteiger partial charge >= 0.3 is 0 Å². The third kappa shape index (κ3) is 4.02. The van der Waals surface area contributed by atoms with Gasteiger partial charge in [0.15, 0.2) is 5.78 Å². The van der Waals surface area contributed by atoms with Crippen LogP contribution >= 0.6 is 11.6 Å². The van der Waals surface area contributed by atoms with Crippen molar-refractivity contribution >= 4 is 17.4 Å². The van der Waals surface area contributed by atoms with Gasteiger partial charge in [0.1, 0.15) is 0 Å². The van der Waals surface area contributed by atoms with E-state index in [0.717, 1.165) is 22.7 Å². The highest BCUT2D eigenvalue weighted by atomic mass is 35.5. The van der Waals surface area contributed by atoms with E-state index >= 15 is 0 Å². The van der Waals surface area contributed by atoms with Gasteiger partial charge in [0, 0.05) is 11.4 Å². The van der Waals surface area contributed by atoms with Gasteiger partial charge in [-0.1, -0.05) is 30.7 Å². The molecule has 1 rings (SSSR count). The normalized spacial score (nSPS) is 10.3. The lowest BCUT2D eigenvalue weighted by Gasteiger charge is -2.04. The molecule has 82 valence electrons. The highest BCUT2D eigenvalue weighted by Gasteiger charge is 2.04. The van der Waals surface area contributed by atoms with Crippen molar-refractivity contribution < 1.29 is 4.79 Å². The van der Waals surface area contributed by atoms with Crippen molar-refractivity contribution in [3.05, 3.63) is 34.3 Å². The van der Waals surface area contributed by atoms with Crippen LogP contribution in [0.5, 0.6) is 0 Å². The molecule has 0 amide bonds. The number of benzene rings is 1. The lowest BCUT2D eigenvalue weighted by Crippen LogP contribution is -2.23. The van der Waals surface area contributed by atoms with Gasteiger partial charge in [-0.3, -0.25) is 4.79 Å². The fourth-order valence-corrected chi connectivity index (χ4v) is 1.49. The van der Waals surface area contributed by atoms with Crippen LogP contribution in [0.3, 0.4) is 0 Å². The zero-order valence-corrected chi connectivity index (χ0v) is 9.90. The predicted octanol–water partition coefficient (Wildman–Crippen LogP) is 2.37. The molecule has 0 aliphatic carbocycles. The number of ketones is 1. The Balaban J connectivity index is 2.57. The maximum atomic E-state index is 11.5. The van der Waals surface area contributed by atoms with Crippen molar-refractivity contribution in [2.45, 2.75) is 20.3 Å². The number of hydrogen-bond donors (Lipinski definition) is 1. The predicted molar refractivity (Wildman–Crippen MR) is 63.4 cm³/mol. The largest absolute Gasteiger partial charge is 0.310 e. The fraction of sp³-hybridized carbons (Fsp3) is 0.417. The first-order chi connectivity index (χ1) is 7.13. The van der Waals surface area contributed by atoms with Crippen LogP contribution in [0.2, 0.25) is 5.02 Å². The number of rotatable bonds is 5. The smallest absolute Gasteiger partial charge is 0.150 e. The zero-order chi connectivity index (χ0) is 11.3. The van der Waals surface area contributed by atoms with Gasteiger partial charge in [0.25, 0.3) is 0 Å². The van der Waals surface area contributed by atoms with Crippen molar-refractivity contribution in [3.8, 4) is 0 Å². The minimum absolute atomic E-state index is 0.207. The minimum atomic E-state index is 0.207. The Morgan fingerprint density at radius 1 is 1.47 bits per heavy atom. The van der Waals surface area contributed by atoms with Crippen LogP contribution in [0.4, 0.5) is 0 Å². The molecule has 0 aromatic heterocycles. The molecule has 3 heteroatoms. The molecule has 0 saturated heterocycles. The number of Topliss-reactive ketones (excluding diaryl/α,β-unsaturated/α-hetero) is 1. The molecule has 0 aliphatic heterocycles. The van der Waals surface area contributed by atoms with Crippen molar-refractivity contribution in [2.75, 3.05) is 13.1 Å². The molecule has 0 saturated carbocycles. The van der Waals surface area contributed by atoms with Crippen molar-refractivity contribution in [3.63, 3.8) is 0 Å². The summed E-state index contributed by atoms with van der Waals surface area (Å²) >= 11 is 5.90. The Kier molecular flexibility index (Phi) is 4.79. The van der Waals surface area contributed by atoms with Gasteiger partial charge in [-0.25, -0.2) is 0 Å². The van der Waals surface area contributed by atoms with Crippen LogP contribution < -0.4 is 5.32 Å². The van der Waals surface area contributed by atoms with E-state index in [1.54, 1.807) is 0 Å². The molecule has 0 atom stereocenters. The second-order valence-electron chi connectivity index (χ2n) is 3.58. The third-order valence-electron chi connectivity index (χ3n) is 2.20. The van der Waals surface area contributed by atoms with Gasteiger partial charge in [0.05, 0.1) is 6.54 Å². The molecule has 15 heavy (non-hydrogen) atoms. The van der Waals surface area contributed by atoms with E-state index in [0.29, 0.717) is 13.0 Å². The van der Waals surface area contributed by atoms with E-state index in [4.69, 9.17) is 11.6 Å². The molecule has 0 radical (unpaired) electrons. The zero-order valence-electron chi connectivity index (χ0n) is 9.14. The Morgan fingerprint density at radius 3 is 2.80 bits per heavy atom. The van der Waals surface area contributed by atoms with Crippen LogP contribution in [0.1, 0.15) is 18.1 Å². The third-order valence-corrected chi connectivity index (χ3v) is 2.62. The molecule has 0 spiro atoms. The van der Waals surface area contributed by atoms with Crippen LogP contribution in [-0.4, -0.2) is 18.9 Å². The average Bonchev–Trinajstić information content (AvgIpc) is 2.20. The van der Waals surface area contributed by atoms with Gasteiger partial charge in [-0.2, -0.15) is 0 Å². The summed E-state index contributed by atoms with van der Waals surface area (Å²) in [5.41, 5.74) is 2.05. The maximum absolute atomic E-state index is 11.5. The molecule has 2 nitrogen and oxygen atoms in total. The van der Waals surface area contributed by atoms with Crippen LogP contribution in [0.25, 0.3) is 0 Å². The molecular formula is C12H16ClNO. The Morgan fingerprint density at radius 2 is 2.20 bits per heavy atom. The van der Waals surface area contributed by atoms with E-state index in [2.05, 4.69) is 5.32 Å². The van der Waals surface area contributed by atoms with E-state index in [1.807, 2.05) is 32.0 Å². The first-order valence-corrected chi connectivity index (χ1v) is 5.48. The first-order valence-electron chi connectivity index (χ1n) is 5.11. The van der Waals surface area contributed by atoms with E-state index in [1.165, 1.54) is 0 Å². The van der Waals surface area contributed by atoms with Gasteiger partial charge in [-0.15, -0.1) is 0 Å². The number of halogens is 1. The summed E-state index contributed by atoms with van der Waals surface area (Å²) < 4.78 is 0. The van der Waals surface area contributed by atoms with Crippen LogP contribution in [0, 0.1) is 6.92 Å². The monoisotopic (exact) mass is 225 g/mol. The lowest BCUT2D eigenvalue weighted by atomic mass is 10.1. The van der Waals surface area contributed by atoms with Crippen molar-refractivity contribution in [1.82, 2.24) is 5.32 Å². The summed E-state index contributed by atoms with van der Waals surface area (Å²) in [5, 5.41) is 3.77. The summed E-state index contributed by atoms with van der Waals surface area (Å²) in [5.74, 6) is 0.207. The van der Waals surface area contributed by atoms with E-state index in [9.17, 15) is 4.79 Å². The SMILES string of the molecule is CCNCC(=O)Cc1ccc(Cl)c(C)c1. The molecule has 0 aliphatic rings. The lowest BCUT2D eigenvalue weighted by molar-refractivity contribution is -0.117. The first kappa shape index (κ1) is 12.2. The second-order valence-corrected chi connectivity index (χ2v) is 3.99. The highest BCUT2D eigenvalue weighted by molar-refractivity contribution is 6.31. The number of carbonyl (C=O) groups excluding carboxylic acids is 1. The highest BCUT2D eigenvalue weighted by Crippen LogP contribution is 2.16. The molecule has 1 aromatic rings. The van der Waals surface area contributed by atoms with Crippen molar-refractivity contribution in [1.29, 1.82) is 0 Å². The summed E-state index contributed by atoms with van der Waals surface area (Å²) in [4.78, 5) is 11.5. The Labute approximate surface area is 95.6 Å². The van der Waals surface area contributed by atoms with Gasteiger partial charge in [0.2, 0.25) is 0 Å². The molecule has 1 aromatic carbocycles. The summed E-state index contributed by atoms with van der Waals surface area (Å²) in [6.45, 7) is 5.20. The summed E-state index contributed by atoms with van der Waals surface area (Å²) in [7, 11) is 0. The Hall–Kier alpha value is -0.860. The molecule has 1 N–H and O–H groups in total. The van der Waals surface area contributed by atoms with E-state index in [-0.39, 0.29) is 5.78 Å². The van der Waals surface area contributed by atoms with Crippen molar-refractivity contribution in [2.24, 2.45) is 0 Å². The minimum Gasteiger partial charge on any atom is -0.310 e. The van der Waals surface area contributed by atoms with Crippen LogP contribution in [-0.2, 0) is 11.2 Å². The maximum Gasteiger partial charge on any atom is 0.150 e. The summed E-state index contributed by atoms with van der Waals surface area (Å²) in [6, 6.07) is 5.71. The topological polar surface area (TPSA) is 29.1 Å². The summed E-state index contributed by atoms with van der Waals surface area (Å²) in [6.07, 6.45) is 0.477. The number of hydrogen-bond acceptors (Lipinski definition) is 2. The molecule has 0 fully saturated rings. The van der Waals surface area contributed by atoms with Gasteiger partial charge in [-0.05, 0) is 30.7 Å². The molecule has 0 bridgehead atoms. The van der Waals surface area contributed by atoms with E-state index < -0.39 is 0 Å². The standard InChI is InChI=1S/C12H16ClNO/c1-3-14-8-11(15)7-10-4-5-12(13)9(2)6-10/h4-6,14H,3,7-8H2,1-2H3. The Bertz CT molecular complexity index is 349. The molecule has 0 unspecified atom stereocenters. The van der Waals surface area contributed by atoms with Crippen LogP contribution in [0.15, 0.2) is 18.2 Å². The number of nitrogens with one attached hydrogen (secondary N) is 1. The fourth-order valence-electron chi connectivity index (χ4n) is 1.37. The quantitative estimate of drug-likeness (QED) is 0.834.